The first-order valence-corrected chi connectivity index (χ1v) is 10.7. The Labute approximate surface area is 187 Å². The van der Waals surface area contributed by atoms with Crippen LogP contribution in [-0.2, 0) is 17.9 Å². The lowest BCUT2D eigenvalue weighted by molar-refractivity contribution is -0.117. The number of carbonyl (C=O) groups is 2. The standard InChI is InChI=1S/C25H24ClN3O2/c26-21-11-13-23(14-12-21)29-18-22(15-24(29)30)27-25(31)28(16-19-7-3-1-4-8-19)17-20-9-5-2-6-10-20/h1-14,22H,15-18H2,(H,27,31)/t22-/m0/s1. The van der Waals surface area contributed by atoms with Gasteiger partial charge in [-0.05, 0) is 35.4 Å². The van der Waals surface area contributed by atoms with Crippen LogP contribution in [0, 0.1) is 0 Å². The number of anilines is 1. The fourth-order valence-corrected chi connectivity index (χ4v) is 3.87. The lowest BCUT2D eigenvalue weighted by atomic mass is 10.1. The van der Waals surface area contributed by atoms with E-state index in [-0.39, 0.29) is 24.4 Å². The topological polar surface area (TPSA) is 52.7 Å². The highest BCUT2D eigenvalue weighted by Gasteiger charge is 2.32. The highest BCUT2D eigenvalue weighted by Crippen LogP contribution is 2.23. The van der Waals surface area contributed by atoms with E-state index >= 15 is 0 Å². The van der Waals surface area contributed by atoms with E-state index in [0.717, 1.165) is 16.8 Å². The van der Waals surface area contributed by atoms with Gasteiger partial charge in [-0.15, -0.1) is 0 Å². The minimum Gasteiger partial charge on any atom is -0.333 e. The second-order valence-corrected chi connectivity index (χ2v) is 8.09. The van der Waals surface area contributed by atoms with Gasteiger partial charge < -0.3 is 15.1 Å². The average Bonchev–Trinajstić information content (AvgIpc) is 3.15. The molecule has 1 aliphatic heterocycles. The summed E-state index contributed by atoms with van der Waals surface area (Å²) in [5.41, 5.74) is 2.90. The van der Waals surface area contributed by atoms with Crippen molar-refractivity contribution in [1.82, 2.24) is 10.2 Å². The van der Waals surface area contributed by atoms with Crippen LogP contribution in [-0.4, -0.2) is 29.4 Å². The quantitative estimate of drug-likeness (QED) is 0.603. The molecule has 1 aliphatic rings. The van der Waals surface area contributed by atoms with Gasteiger partial charge in [0, 0.05) is 36.8 Å². The molecule has 6 heteroatoms. The Hall–Kier alpha value is -3.31. The third kappa shape index (κ3) is 5.44. The fraction of sp³-hybridized carbons (Fsp3) is 0.200. The summed E-state index contributed by atoms with van der Waals surface area (Å²) in [6.07, 6.45) is 0.277. The lowest BCUT2D eigenvalue weighted by Crippen LogP contribution is -2.45. The van der Waals surface area contributed by atoms with E-state index in [4.69, 9.17) is 11.6 Å². The first-order chi connectivity index (χ1) is 15.1. The normalized spacial score (nSPS) is 15.7. The van der Waals surface area contributed by atoms with Gasteiger partial charge in [-0.3, -0.25) is 4.79 Å². The van der Waals surface area contributed by atoms with Crippen molar-refractivity contribution in [3.8, 4) is 0 Å². The molecule has 1 heterocycles. The zero-order valence-corrected chi connectivity index (χ0v) is 17.8. The molecule has 3 amide bonds. The van der Waals surface area contributed by atoms with Crippen molar-refractivity contribution < 1.29 is 9.59 Å². The van der Waals surface area contributed by atoms with Gasteiger partial charge in [0.05, 0.1) is 6.04 Å². The number of urea groups is 1. The van der Waals surface area contributed by atoms with E-state index in [1.165, 1.54) is 0 Å². The van der Waals surface area contributed by atoms with Gasteiger partial charge in [-0.1, -0.05) is 72.3 Å². The van der Waals surface area contributed by atoms with Crippen molar-refractivity contribution in [3.05, 3.63) is 101 Å². The molecule has 31 heavy (non-hydrogen) atoms. The lowest BCUT2D eigenvalue weighted by Gasteiger charge is -2.25. The Morgan fingerprint density at radius 1 is 0.903 bits per heavy atom. The Balaban J connectivity index is 1.45. The predicted octanol–water partition coefficient (Wildman–Crippen LogP) is 4.86. The number of nitrogens with zero attached hydrogens (tertiary/aromatic N) is 2. The van der Waals surface area contributed by atoms with Gasteiger partial charge in [0.2, 0.25) is 5.91 Å². The van der Waals surface area contributed by atoms with Crippen LogP contribution in [0.3, 0.4) is 0 Å². The summed E-state index contributed by atoms with van der Waals surface area (Å²) in [4.78, 5) is 29.2. The molecular formula is C25H24ClN3O2. The molecule has 5 nitrogen and oxygen atoms in total. The van der Waals surface area contributed by atoms with Crippen LogP contribution in [0.15, 0.2) is 84.9 Å². The number of carbonyl (C=O) groups excluding carboxylic acids is 2. The second-order valence-electron chi connectivity index (χ2n) is 7.66. The molecule has 1 saturated heterocycles. The van der Waals surface area contributed by atoms with Gasteiger partial charge in [-0.2, -0.15) is 0 Å². The maximum Gasteiger partial charge on any atom is 0.318 e. The average molecular weight is 434 g/mol. The monoisotopic (exact) mass is 433 g/mol. The molecule has 0 spiro atoms. The first-order valence-electron chi connectivity index (χ1n) is 10.3. The van der Waals surface area contributed by atoms with Crippen LogP contribution < -0.4 is 10.2 Å². The van der Waals surface area contributed by atoms with Crippen molar-refractivity contribution >= 4 is 29.2 Å². The van der Waals surface area contributed by atoms with Crippen LogP contribution in [0.1, 0.15) is 17.5 Å². The Morgan fingerprint density at radius 3 is 2.00 bits per heavy atom. The predicted molar refractivity (Wildman–Crippen MR) is 123 cm³/mol. The van der Waals surface area contributed by atoms with Crippen molar-refractivity contribution in [2.75, 3.05) is 11.4 Å². The molecule has 1 fully saturated rings. The molecule has 1 atom stereocenters. The molecule has 0 bridgehead atoms. The Bertz CT molecular complexity index is 984. The summed E-state index contributed by atoms with van der Waals surface area (Å²) in [5, 5.41) is 3.68. The maximum absolute atomic E-state index is 13.2. The molecule has 0 saturated carbocycles. The summed E-state index contributed by atoms with van der Waals surface area (Å²) in [6.45, 7) is 1.42. The van der Waals surface area contributed by atoms with E-state index < -0.39 is 0 Å². The van der Waals surface area contributed by atoms with Crippen molar-refractivity contribution in [3.63, 3.8) is 0 Å². The third-order valence-electron chi connectivity index (χ3n) is 5.31. The molecular weight excluding hydrogens is 410 g/mol. The smallest absolute Gasteiger partial charge is 0.318 e. The molecule has 158 valence electrons. The Kier molecular flexibility index (Phi) is 6.53. The molecule has 4 rings (SSSR count). The molecule has 1 N–H and O–H groups in total. The minimum absolute atomic E-state index is 0.00899. The van der Waals surface area contributed by atoms with Crippen LogP contribution in [0.2, 0.25) is 5.02 Å². The van der Waals surface area contributed by atoms with Gasteiger partial charge in [0.25, 0.3) is 0 Å². The summed E-state index contributed by atoms with van der Waals surface area (Å²) in [5.74, 6) is -0.00899. The van der Waals surface area contributed by atoms with Gasteiger partial charge in [0.1, 0.15) is 0 Å². The maximum atomic E-state index is 13.2. The van der Waals surface area contributed by atoms with E-state index in [1.807, 2.05) is 72.8 Å². The number of hydrogen-bond acceptors (Lipinski definition) is 2. The highest BCUT2D eigenvalue weighted by molar-refractivity contribution is 6.30. The number of halogens is 1. The van der Waals surface area contributed by atoms with E-state index in [2.05, 4.69) is 5.32 Å². The van der Waals surface area contributed by atoms with Crippen molar-refractivity contribution in [2.24, 2.45) is 0 Å². The third-order valence-corrected chi connectivity index (χ3v) is 5.56. The summed E-state index contributed by atoms with van der Waals surface area (Å²) >= 11 is 5.95. The van der Waals surface area contributed by atoms with Gasteiger partial charge >= 0.3 is 6.03 Å². The van der Waals surface area contributed by atoms with Gasteiger partial charge in [0.15, 0.2) is 0 Å². The summed E-state index contributed by atoms with van der Waals surface area (Å²) in [7, 11) is 0. The zero-order chi connectivity index (χ0) is 21.6. The second kappa shape index (κ2) is 9.67. The number of amides is 3. The number of hydrogen-bond donors (Lipinski definition) is 1. The molecule has 0 aliphatic carbocycles. The SMILES string of the molecule is O=C(N[C@H]1CC(=O)N(c2ccc(Cl)cc2)C1)N(Cc1ccccc1)Cc1ccccc1. The van der Waals surface area contributed by atoms with E-state index in [9.17, 15) is 9.59 Å². The molecule has 0 radical (unpaired) electrons. The first kappa shape index (κ1) is 20.9. The summed E-state index contributed by atoms with van der Waals surface area (Å²) < 4.78 is 0. The number of benzene rings is 3. The minimum atomic E-state index is -0.246. The van der Waals surface area contributed by atoms with Gasteiger partial charge in [-0.25, -0.2) is 4.79 Å². The van der Waals surface area contributed by atoms with Crippen LogP contribution >= 0.6 is 11.6 Å². The fourth-order valence-electron chi connectivity index (χ4n) is 3.75. The van der Waals surface area contributed by atoms with Crippen LogP contribution in [0.4, 0.5) is 10.5 Å². The van der Waals surface area contributed by atoms with Crippen LogP contribution in [0.25, 0.3) is 0 Å². The molecule has 3 aromatic rings. The largest absolute Gasteiger partial charge is 0.333 e. The van der Waals surface area contributed by atoms with Crippen molar-refractivity contribution in [2.45, 2.75) is 25.6 Å². The number of nitrogens with one attached hydrogen (secondary N) is 1. The Morgan fingerprint density at radius 2 is 1.45 bits per heavy atom. The van der Waals surface area contributed by atoms with Crippen molar-refractivity contribution in [1.29, 1.82) is 0 Å². The molecule has 0 unspecified atom stereocenters. The number of rotatable bonds is 6. The van der Waals surface area contributed by atoms with E-state index in [0.29, 0.717) is 24.7 Å². The highest BCUT2D eigenvalue weighted by atomic mass is 35.5. The zero-order valence-electron chi connectivity index (χ0n) is 17.1. The van der Waals surface area contributed by atoms with Crippen LogP contribution in [0.5, 0.6) is 0 Å². The summed E-state index contributed by atoms with van der Waals surface area (Å²) in [6, 6.07) is 26.5. The van der Waals surface area contributed by atoms with E-state index in [1.54, 1.807) is 21.9 Å². The molecule has 3 aromatic carbocycles. The molecule has 0 aromatic heterocycles.